The highest BCUT2D eigenvalue weighted by Crippen LogP contribution is 2.56. The van der Waals surface area contributed by atoms with Gasteiger partial charge >= 0.3 is 0 Å². The van der Waals surface area contributed by atoms with Gasteiger partial charge in [0, 0.05) is 24.4 Å². The molecule has 4 rings (SSSR count). The van der Waals surface area contributed by atoms with Crippen LogP contribution in [0, 0.1) is 10.1 Å². The second kappa shape index (κ2) is 5.38. The van der Waals surface area contributed by atoms with Crippen LogP contribution in [0.25, 0.3) is 6.08 Å². The molecular weight excluding hydrogens is 375 g/mol. The summed E-state index contributed by atoms with van der Waals surface area (Å²) in [6, 6.07) is 9.50. The minimum atomic E-state index is -0.813. The van der Waals surface area contributed by atoms with E-state index in [9.17, 15) is 10.1 Å². The van der Waals surface area contributed by atoms with Gasteiger partial charge in [0.2, 0.25) is 5.72 Å². The average molecular weight is 391 g/mol. The molecule has 2 aliphatic heterocycles. The molecule has 26 heavy (non-hydrogen) atoms. The van der Waals surface area contributed by atoms with Crippen molar-refractivity contribution in [3.63, 3.8) is 0 Å². The zero-order valence-corrected chi connectivity index (χ0v) is 15.9. The van der Waals surface area contributed by atoms with Gasteiger partial charge in [-0.15, -0.1) is 0 Å². The number of benzene rings is 2. The van der Waals surface area contributed by atoms with Gasteiger partial charge in [0.05, 0.1) is 10.3 Å². The summed E-state index contributed by atoms with van der Waals surface area (Å²) in [5.74, 6) is 0.359. The first-order valence-electron chi connectivity index (χ1n) is 8.08. The largest absolute Gasteiger partial charge is 0.461 e. The molecule has 2 aromatic rings. The summed E-state index contributed by atoms with van der Waals surface area (Å²) in [6.07, 6.45) is 3.75. The van der Waals surface area contributed by atoms with Gasteiger partial charge in [-0.2, -0.15) is 0 Å². The number of fused-ring (bicyclic) bond motifs is 2. The van der Waals surface area contributed by atoms with Gasteiger partial charge in [0.1, 0.15) is 10.0 Å². The molecule has 2 aliphatic rings. The van der Waals surface area contributed by atoms with E-state index < -0.39 is 10.6 Å². The molecule has 0 N–H and O–H groups in total. The molecule has 5 nitrogen and oxygen atoms in total. The summed E-state index contributed by atoms with van der Waals surface area (Å²) in [5.41, 5.74) is 1.32. The van der Waals surface area contributed by atoms with E-state index in [4.69, 9.17) is 27.9 Å². The predicted octanol–water partition coefficient (Wildman–Crippen LogP) is 5.43. The molecule has 2 aromatic carbocycles. The van der Waals surface area contributed by atoms with E-state index in [0.717, 1.165) is 11.3 Å². The minimum absolute atomic E-state index is 0.0553. The molecule has 0 aliphatic carbocycles. The number of rotatable bonds is 1. The first kappa shape index (κ1) is 17.2. The van der Waals surface area contributed by atoms with E-state index in [-0.39, 0.29) is 21.1 Å². The van der Waals surface area contributed by atoms with Crippen molar-refractivity contribution in [1.29, 1.82) is 0 Å². The van der Waals surface area contributed by atoms with Crippen molar-refractivity contribution < 1.29 is 9.66 Å². The van der Waals surface area contributed by atoms with Crippen LogP contribution in [0.5, 0.6) is 5.75 Å². The second-order valence-electron chi connectivity index (χ2n) is 7.03. The van der Waals surface area contributed by atoms with Gasteiger partial charge in [0.15, 0.2) is 5.75 Å². The number of hydrogen-bond donors (Lipinski definition) is 0. The summed E-state index contributed by atoms with van der Waals surface area (Å²) in [6.45, 7) is 4.21. The lowest BCUT2D eigenvalue weighted by Crippen LogP contribution is -2.58. The first-order valence-corrected chi connectivity index (χ1v) is 8.84. The predicted molar refractivity (Wildman–Crippen MR) is 103 cm³/mol. The van der Waals surface area contributed by atoms with Crippen LogP contribution in [0.15, 0.2) is 36.4 Å². The first-order chi connectivity index (χ1) is 12.2. The Morgan fingerprint density at radius 1 is 1.19 bits per heavy atom. The molecule has 1 atom stereocenters. The van der Waals surface area contributed by atoms with Crippen LogP contribution in [0.2, 0.25) is 10.0 Å². The molecule has 134 valence electrons. The van der Waals surface area contributed by atoms with Gasteiger partial charge in [-0.05, 0) is 37.6 Å². The topological polar surface area (TPSA) is 55.6 Å². The second-order valence-corrected chi connectivity index (χ2v) is 7.79. The SMILES string of the molecule is CN1c2ccccc2C(C)(C)C12C=Cc1cc([N+](=O)[O-])c(Cl)c(Cl)c1O2. The Kier molecular flexibility index (Phi) is 3.56. The van der Waals surface area contributed by atoms with Gasteiger partial charge in [-0.1, -0.05) is 41.4 Å². The van der Waals surface area contributed by atoms with Crippen molar-refractivity contribution in [2.45, 2.75) is 25.0 Å². The lowest BCUT2D eigenvalue weighted by Gasteiger charge is -2.46. The lowest BCUT2D eigenvalue weighted by molar-refractivity contribution is -0.384. The molecule has 1 unspecified atom stereocenters. The summed E-state index contributed by atoms with van der Waals surface area (Å²) in [5, 5.41) is 11.1. The molecule has 0 amide bonds. The smallest absolute Gasteiger partial charge is 0.290 e. The monoisotopic (exact) mass is 390 g/mol. The average Bonchev–Trinajstić information content (AvgIpc) is 2.77. The van der Waals surface area contributed by atoms with E-state index in [2.05, 4.69) is 24.8 Å². The number of halogens is 2. The quantitative estimate of drug-likeness (QED) is 0.481. The van der Waals surface area contributed by atoms with E-state index in [0.29, 0.717) is 11.3 Å². The van der Waals surface area contributed by atoms with E-state index in [1.807, 2.05) is 37.4 Å². The minimum Gasteiger partial charge on any atom is -0.461 e. The molecule has 0 radical (unpaired) electrons. The number of anilines is 1. The highest BCUT2D eigenvalue weighted by Gasteiger charge is 2.57. The van der Waals surface area contributed by atoms with Crippen molar-refractivity contribution >= 4 is 40.7 Å². The molecular formula is C19H16Cl2N2O3. The highest BCUT2D eigenvalue weighted by atomic mass is 35.5. The fourth-order valence-corrected chi connectivity index (χ4v) is 4.42. The van der Waals surface area contributed by atoms with Gasteiger partial charge in [0.25, 0.3) is 5.69 Å². The molecule has 0 fully saturated rings. The number of nitro groups is 1. The summed E-state index contributed by atoms with van der Waals surface area (Å²) >= 11 is 12.5. The fourth-order valence-electron chi connectivity index (χ4n) is 3.97. The third-order valence-corrected chi connectivity index (χ3v) is 6.29. The van der Waals surface area contributed by atoms with Crippen LogP contribution < -0.4 is 9.64 Å². The third-order valence-electron chi connectivity index (χ3n) is 5.45. The van der Waals surface area contributed by atoms with Crippen molar-refractivity contribution in [3.8, 4) is 5.75 Å². The van der Waals surface area contributed by atoms with Gasteiger partial charge in [-0.25, -0.2) is 0 Å². The molecule has 0 saturated heterocycles. The van der Waals surface area contributed by atoms with Crippen LogP contribution in [-0.2, 0) is 5.41 Å². The molecule has 1 spiro atoms. The number of hydrogen-bond acceptors (Lipinski definition) is 4. The van der Waals surface area contributed by atoms with E-state index in [1.54, 1.807) is 0 Å². The zero-order chi connectivity index (χ0) is 18.9. The van der Waals surface area contributed by atoms with Crippen molar-refractivity contribution in [3.05, 3.63) is 67.7 Å². The standard InChI is InChI=1S/C19H16Cl2N2O3/c1-18(2)12-6-4-5-7-13(12)22(3)19(18)9-8-11-10-14(23(24)25)15(20)16(21)17(11)26-19/h4-10H,1-3H3. The molecule has 7 heteroatoms. The van der Waals surface area contributed by atoms with E-state index >= 15 is 0 Å². The van der Waals surface area contributed by atoms with Crippen LogP contribution in [-0.4, -0.2) is 17.7 Å². The number of nitro benzene ring substituents is 1. The number of nitrogens with zero attached hydrogens (tertiary/aromatic N) is 2. The highest BCUT2D eigenvalue weighted by molar-refractivity contribution is 6.44. The maximum absolute atomic E-state index is 11.2. The lowest BCUT2D eigenvalue weighted by atomic mass is 9.76. The Bertz CT molecular complexity index is 987. The van der Waals surface area contributed by atoms with Gasteiger partial charge < -0.3 is 9.64 Å². The Morgan fingerprint density at radius 3 is 2.54 bits per heavy atom. The fraction of sp³-hybridized carbons (Fsp3) is 0.263. The Hall–Kier alpha value is -2.24. The van der Waals surface area contributed by atoms with Gasteiger partial charge in [-0.3, -0.25) is 10.1 Å². The Balaban J connectivity index is 1.91. The number of likely N-dealkylation sites (N-methyl/N-ethyl adjacent to an activating group) is 1. The summed E-state index contributed by atoms with van der Waals surface area (Å²) < 4.78 is 6.44. The van der Waals surface area contributed by atoms with Crippen molar-refractivity contribution in [1.82, 2.24) is 0 Å². The molecule has 0 saturated carbocycles. The zero-order valence-electron chi connectivity index (χ0n) is 14.4. The number of para-hydroxylation sites is 1. The summed E-state index contributed by atoms with van der Waals surface area (Å²) in [4.78, 5) is 12.7. The molecule has 2 heterocycles. The van der Waals surface area contributed by atoms with Crippen molar-refractivity contribution in [2.75, 3.05) is 11.9 Å². The van der Waals surface area contributed by atoms with E-state index in [1.165, 1.54) is 6.07 Å². The third kappa shape index (κ3) is 1.98. The Morgan fingerprint density at radius 2 is 1.88 bits per heavy atom. The maximum atomic E-state index is 11.2. The maximum Gasteiger partial charge on any atom is 0.290 e. The number of ether oxygens (including phenoxy) is 1. The van der Waals surface area contributed by atoms with Crippen LogP contribution in [0.1, 0.15) is 25.0 Å². The van der Waals surface area contributed by atoms with Crippen LogP contribution in [0.4, 0.5) is 11.4 Å². The summed E-state index contributed by atoms with van der Waals surface area (Å²) in [7, 11) is 1.96. The van der Waals surface area contributed by atoms with Crippen molar-refractivity contribution in [2.24, 2.45) is 0 Å². The molecule has 0 bridgehead atoms. The van der Waals surface area contributed by atoms with Crippen LogP contribution in [0.3, 0.4) is 0 Å². The van der Waals surface area contributed by atoms with Crippen LogP contribution >= 0.6 is 23.2 Å². The Labute approximate surface area is 160 Å². The normalized spacial score (nSPS) is 22.1. The molecule has 0 aromatic heterocycles.